The van der Waals surface area contributed by atoms with Gasteiger partial charge >= 0.3 is 6.18 Å². The summed E-state index contributed by atoms with van der Waals surface area (Å²) in [5.74, 6) is 0.513. The molecule has 2 N–H and O–H groups in total. The van der Waals surface area contributed by atoms with Crippen molar-refractivity contribution < 1.29 is 13.2 Å². The molecule has 3 heterocycles. The lowest BCUT2D eigenvalue weighted by Crippen LogP contribution is -2.04. The van der Waals surface area contributed by atoms with Crippen molar-refractivity contribution in [3.8, 4) is 11.4 Å². The van der Waals surface area contributed by atoms with Gasteiger partial charge in [0, 0.05) is 17.1 Å². The van der Waals surface area contributed by atoms with Crippen LogP contribution in [0.2, 0.25) is 0 Å². The van der Waals surface area contributed by atoms with Crippen LogP contribution in [0.1, 0.15) is 5.56 Å². The molecule has 110 valence electrons. The zero-order chi connectivity index (χ0) is 15.3. The zero-order valence-corrected chi connectivity index (χ0v) is 11.1. The molecule has 0 aliphatic heterocycles. The number of imidazole rings is 1. The van der Waals surface area contributed by atoms with Gasteiger partial charge in [-0.1, -0.05) is 12.1 Å². The number of nitrogens with one attached hydrogen (secondary N) is 2. The highest BCUT2D eigenvalue weighted by molar-refractivity contribution is 6.01. The topological polar surface area (TPSA) is 57.4 Å². The molecule has 4 aromatic rings. The average molecular weight is 302 g/mol. The Kier molecular flexibility index (Phi) is 2.53. The smallest absolute Gasteiger partial charge is 0.346 e. The molecular weight excluding hydrogens is 293 g/mol. The van der Waals surface area contributed by atoms with E-state index in [2.05, 4.69) is 19.9 Å². The van der Waals surface area contributed by atoms with E-state index in [1.807, 2.05) is 6.07 Å². The Morgan fingerprint density at radius 3 is 2.50 bits per heavy atom. The fraction of sp³-hybridized carbons (Fsp3) is 0.0667. The third-order valence-electron chi connectivity index (χ3n) is 3.53. The zero-order valence-electron chi connectivity index (χ0n) is 11.1. The quantitative estimate of drug-likeness (QED) is 0.555. The molecule has 3 aromatic heterocycles. The van der Waals surface area contributed by atoms with E-state index in [9.17, 15) is 13.2 Å². The standard InChI is InChI=1S/C15H9F3N4/c16-15(17,18)9-3-1-8(2-4-9)13-21-11-7-20-14-10(5-6-19-14)12(11)22-13/h1-7H,(H,19,20)(H,21,22). The molecule has 0 fully saturated rings. The summed E-state index contributed by atoms with van der Waals surface area (Å²) in [7, 11) is 0. The molecule has 1 aromatic carbocycles. The molecule has 0 saturated carbocycles. The van der Waals surface area contributed by atoms with Crippen LogP contribution in [0.4, 0.5) is 13.2 Å². The second-order valence-corrected chi connectivity index (χ2v) is 4.92. The fourth-order valence-corrected chi connectivity index (χ4v) is 2.43. The SMILES string of the molecule is FC(F)(F)c1ccc(-c2nc3cnc4[nH]ccc4c3[nH]2)cc1. The number of H-pyrrole nitrogens is 2. The van der Waals surface area contributed by atoms with Crippen LogP contribution >= 0.6 is 0 Å². The Labute approximate surface area is 122 Å². The highest BCUT2D eigenvalue weighted by Gasteiger charge is 2.30. The molecule has 0 aliphatic rings. The third-order valence-corrected chi connectivity index (χ3v) is 3.53. The number of aromatic amines is 2. The van der Waals surface area contributed by atoms with Gasteiger partial charge in [-0.25, -0.2) is 9.97 Å². The van der Waals surface area contributed by atoms with Crippen LogP contribution < -0.4 is 0 Å². The number of benzene rings is 1. The van der Waals surface area contributed by atoms with E-state index in [1.165, 1.54) is 12.1 Å². The second kappa shape index (κ2) is 4.33. The number of aromatic nitrogens is 4. The number of hydrogen-bond acceptors (Lipinski definition) is 2. The summed E-state index contributed by atoms with van der Waals surface area (Å²) in [6.45, 7) is 0. The molecule has 0 spiro atoms. The molecule has 4 nitrogen and oxygen atoms in total. The first kappa shape index (κ1) is 12.9. The summed E-state index contributed by atoms with van der Waals surface area (Å²) < 4.78 is 37.8. The van der Waals surface area contributed by atoms with E-state index in [4.69, 9.17) is 0 Å². The minimum absolute atomic E-state index is 0.513. The fourth-order valence-electron chi connectivity index (χ4n) is 2.43. The minimum Gasteiger partial charge on any atom is -0.346 e. The lowest BCUT2D eigenvalue weighted by molar-refractivity contribution is -0.137. The van der Waals surface area contributed by atoms with Gasteiger partial charge in [-0.3, -0.25) is 0 Å². The van der Waals surface area contributed by atoms with E-state index in [0.29, 0.717) is 16.9 Å². The number of halogens is 3. The van der Waals surface area contributed by atoms with Crippen molar-refractivity contribution in [1.29, 1.82) is 0 Å². The molecule has 0 bridgehead atoms. The van der Waals surface area contributed by atoms with Crippen molar-refractivity contribution in [2.45, 2.75) is 6.18 Å². The van der Waals surface area contributed by atoms with Crippen LogP contribution in [0.3, 0.4) is 0 Å². The minimum atomic E-state index is -4.34. The third kappa shape index (κ3) is 1.93. The first-order chi connectivity index (χ1) is 10.5. The molecule has 0 radical (unpaired) electrons. The highest BCUT2D eigenvalue weighted by Crippen LogP contribution is 2.31. The summed E-state index contributed by atoms with van der Waals surface area (Å²) in [4.78, 5) is 14.8. The number of fused-ring (bicyclic) bond motifs is 3. The lowest BCUT2D eigenvalue weighted by atomic mass is 10.1. The molecular formula is C15H9F3N4. The summed E-state index contributed by atoms with van der Waals surface area (Å²) in [6, 6.07) is 6.78. The predicted octanol–water partition coefficient (Wildman–Crippen LogP) is 4.13. The molecule has 0 saturated heterocycles. The Hall–Kier alpha value is -2.83. The molecule has 0 unspecified atom stereocenters. The first-order valence-electron chi connectivity index (χ1n) is 6.52. The molecule has 0 amide bonds. The van der Waals surface area contributed by atoms with E-state index in [-0.39, 0.29) is 0 Å². The van der Waals surface area contributed by atoms with Gasteiger partial charge in [0.25, 0.3) is 0 Å². The van der Waals surface area contributed by atoms with Gasteiger partial charge in [-0.2, -0.15) is 13.2 Å². The summed E-state index contributed by atoms with van der Waals surface area (Å²) in [5, 5.41) is 0.892. The van der Waals surface area contributed by atoms with Gasteiger partial charge in [-0.05, 0) is 18.2 Å². The molecule has 0 aliphatic carbocycles. The summed E-state index contributed by atoms with van der Waals surface area (Å²) in [5.41, 5.74) is 2.12. The van der Waals surface area contributed by atoms with Crippen LogP contribution in [-0.2, 0) is 6.18 Å². The van der Waals surface area contributed by atoms with Crippen molar-refractivity contribution in [1.82, 2.24) is 19.9 Å². The number of hydrogen-bond donors (Lipinski definition) is 2. The van der Waals surface area contributed by atoms with Crippen molar-refractivity contribution >= 4 is 22.1 Å². The second-order valence-electron chi connectivity index (χ2n) is 4.92. The largest absolute Gasteiger partial charge is 0.416 e. The number of alkyl halides is 3. The van der Waals surface area contributed by atoms with Crippen LogP contribution in [0.5, 0.6) is 0 Å². The molecule has 7 heteroatoms. The normalized spacial score (nSPS) is 12.3. The predicted molar refractivity (Wildman–Crippen MR) is 76.2 cm³/mol. The summed E-state index contributed by atoms with van der Waals surface area (Å²) >= 11 is 0. The van der Waals surface area contributed by atoms with Gasteiger partial charge in [-0.15, -0.1) is 0 Å². The van der Waals surface area contributed by atoms with E-state index >= 15 is 0 Å². The number of nitrogens with zero attached hydrogens (tertiary/aromatic N) is 2. The van der Waals surface area contributed by atoms with Crippen LogP contribution in [0.15, 0.2) is 42.7 Å². The lowest BCUT2D eigenvalue weighted by Gasteiger charge is -2.06. The van der Waals surface area contributed by atoms with Crippen molar-refractivity contribution in [2.24, 2.45) is 0 Å². The Morgan fingerprint density at radius 1 is 1.00 bits per heavy atom. The molecule has 22 heavy (non-hydrogen) atoms. The van der Waals surface area contributed by atoms with Crippen molar-refractivity contribution in [3.05, 3.63) is 48.3 Å². The maximum atomic E-state index is 12.6. The van der Waals surface area contributed by atoms with Crippen LogP contribution in [0.25, 0.3) is 33.5 Å². The van der Waals surface area contributed by atoms with Crippen LogP contribution in [-0.4, -0.2) is 19.9 Å². The maximum Gasteiger partial charge on any atom is 0.416 e. The number of pyridine rings is 1. The van der Waals surface area contributed by atoms with Gasteiger partial charge in [0.15, 0.2) is 0 Å². The Bertz CT molecular complexity index is 964. The van der Waals surface area contributed by atoms with E-state index in [0.717, 1.165) is 28.7 Å². The van der Waals surface area contributed by atoms with Gasteiger partial charge in [0.1, 0.15) is 17.0 Å². The van der Waals surface area contributed by atoms with Gasteiger partial charge in [0.05, 0.1) is 17.3 Å². The molecule has 0 atom stereocenters. The molecule has 4 rings (SSSR count). The monoisotopic (exact) mass is 302 g/mol. The maximum absolute atomic E-state index is 12.6. The van der Waals surface area contributed by atoms with Gasteiger partial charge in [0.2, 0.25) is 0 Å². The van der Waals surface area contributed by atoms with Crippen molar-refractivity contribution in [2.75, 3.05) is 0 Å². The van der Waals surface area contributed by atoms with Gasteiger partial charge < -0.3 is 9.97 Å². The van der Waals surface area contributed by atoms with Crippen LogP contribution in [0, 0.1) is 0 Å². The first-order valence-corrected chi connectivity index (χ1v) is 6.52. The van der Waals surface area contributed by atoms with E-state index in [1.54, 1.807) is 12.4 Å². The highest BCUT2D eigenvalue weighted by atomic mass is 19.4. The Morgan fingerprint density at radius 2 is 1.77 bits per heavy atom. The average Bonchev–Trinajstić information content (AvgIpc) is 3.12. The summed E-state index contributed by atoms with van der Waals surface area (Å²) in [6.07, 6.45) is -0.943. The van der Waals surface area contributed by atoms with E-state index < -0.39 is 11.7 Å². The van der Waals surface area contributed by atoms with Crippen molar-refractivity contribution in [3.63, 3.8) is 0 Å². The Balaban J connectivity index is 1.83. The number of rotatable bonds is 1.